The van der Waals surface area contributed by atoms with Crippen molar-refractivity contribution in [3.05, 3.63) is 38.8 Å². The first-order chi connectivity index (χ1) is 9.33. The average Bonchev–Trinajstić information content (AvgIpc) is 2.67. The van der Waals surface area contributed by atoms with E-state index in [1.54, 1.807) is 18.2 Å². The molecule has 0 aliphatic rings. The van der Waals surface area contributed by atoms with Crippen LogP contribution in [0.25, 0.3) is 0 Å². The van der Waals surface area contributed by atoms with Crippen LogP contribution in [-0.4, -0.2) is 13.4 Å². The lowest BCUT2D eigenvalue weighted by Crippen LogP contribution is -2.13. The fourth-order valence-electron chi connectivity index (χ4n) is 1.79. The van der Waals surface area contributed by atoms with E-state index in [0.717, 1.165) is 22.6 Å². The van der Waals surface area contributed by atoms with E-state index in [4.69, 9.17) is 0 Å². The lowest BCUT2D eigenvalue weighted by atomic mass is 10.2. The maximum atomic E-state index is 12.4. The van der Waals surface area contributed by atoms with Crippen molar-refractivity contribution in [2.45, 2.75) is 32.1 Å². The number of anilines is 1. The van der Waals surface area contributed by atoms with Crippen molar-refractivity contribution in [3.8, 4) is 0 Å². The van der Waals surface area contributed by atoms with Crippen molar-refractivity contribution < 1.29 is 8.42 Å². The zero-order chi connectivity index (χ0) is 14.9. The molecule has 20 heavy (non-hydrogen) atoms. The molecule has 0 bridgehead atoms. The van der Waals surface area contributed by atoms with Crippen LogP contribution in [0.5, 0.6) is 0 Å². The highest BCUT2D eigenvalue weighted by atomic mass is 79.9. The first kappa shape index (κ1) is 15.5. The number of aryl methyl sites for hydroxylation is 3. The summed E-state index contributed by atoms with van der Waals surface area (Å²) in [5, 5.41) is 0.409. The molecule has 1 aromatic heterocycles. The molecule has 1 heterocycles. The van der Waals surface area contributed by atoms with E-state index in [9.17, 15) is 8.42 Å². The minimum Gasteiger partial charge on any atom is -0.255 e. The maximum absolute atomic E-state index is 12.4. The lowest BCUT2D eigenvalue weighted by Gasteiger charge is -2.07. The Kier molecular flexibility index (Phi) is 4.51. The highest BCUT2D eigenvalue weighted by Crippen LogP contribution is 2.28. The van der Waals surface area contributed by atoms with Gasteiger partial charge in [0.25, 0.3) is 10.0 Å². The van der Waals surface area contributed by atoms with Crippen LogP contribution in [0.3, 0.4) is 0 Å². The van der Waals surface area contributed by atoms with Crippen LogP contribution in [-0.2, 0) is 16.4 Å². The Labute approximate surface area is 131 Å². The monoisotopic (exact) mass is 374 g/mol. The third kappa shape index (κ3) is 3.21. The summed E-state index contributed by atoms with van der Waals surface area (Å²) in [6.45, 7) is 5.85. The summed E-state index contributed by atoms with van der Waals surface area (Å²) < 4.78 is 27.8. The number of nitrogens with one attached hydrogen (secondary N) is 1. The molecular formula is C13H15BrN2O2S2. The lowest BCUT2D eigenvalue weighted by molar-refractivity contribution is 0.600. The first-order valence-electron chi connectivity index (χ1n) is 6.08. The van der Waals surface area contributed by atoms with Gasteiger partial charge >= 0.3 is 0 Å². The normalized spacial score (nSPS) is 11.6. The number of aromatic nitrogens is 1. The van der Waals surface area contributed by atoms with Crippen molar-refractivity contribution in [3.63, 3.8) is 0 Å². The van der Waals surface area contributed by atoms with E-state index < -0.39 is 10.0 Å². The fourth-order valence-corrected chi connectivity index (χ4v) is 5.12. The summed E-state index contributed by atoms with van der Waals surface area (Å²) in [5.74, 6) is 0. The summed E-state index contributed by atoms with van der Waals surface area (Å²) in [4.78, 5) is 5.55. The molecule has 2 aromatic rings. The van der Waals surface area contributed by atoms with Gasteiger partial charge in [0, 0.05) is 9.35 Å². The zero-order valence-electron chi connectivity index (χ0n) is 11.4. The Hall–Kier alpha value is -0.920. The molecule has 0 spiro atoms. The Balaban J connectivity index is 2.35. The Bertz CT molecular complexity index is 739. The van der Waals surface area contributed by atoms with Gasteiger partial charge in [0.1, 0.15) is 4.90 Å². The van der Waals surface area contributed by atoms with Gasteiger partial charge < -0.3 is 0 Å². The van der Waals surface area contributed by atoms with Gasteiger partial charge in [-0.3, -0.25) is 4.72 Å². The molecule has 1 aromatic carbocycles. The van der Waals surface area contributed by atoms with E-state index >= 15 is 0 Å². The second kappa shape index (κ2) is 5.83. The molecule has 4 nitrogen and oxygen atoms in total. The molecule has 108 valence electrons. The SMILES string of the molecule is CCc1nc(NS(=O)(=O)c2ccc(C)cc2Br)sc1C. The van der Waals surface area contributed by atoms with Crippen molar-refractivity contribution >= 4 is 42.4 Å². The minimum atomic E-state index is -3.62. The summed E-state index contributed by atoms with van der Waals surface area (Å²) >= 11 is 4.65. The standard InChI is InChI=1S/C13H15BrN2O2S2/c1-4-11-9(3)19-13(15-11)16-20(17,18)12-6-5-8(2)7-10(12)14/h5-7H,4H2,1-3H3,(H,15,16). The molecule has 7 heteroatoms. The van der Waals surface area contributed by atoms with E-state index in [1.807, 2.05) is 20.8 Å². The predicted octanol–water partition coefficient (Wildman–Crippen LogP) is 3.89. The molecule has 0 amide bonds. The number of hydrogen-bond acceptors (Lipinski definition) is 4. The molecule has 0 saturated carbocycles. The van der Waals surface area contributed by atoms with Crippen molar-refractivity contribution in [1.29, 1.82) is 0 Å². The highest BCUT2D eigenvalue weighted by Gasteiger charge is 2.19. The van der Waals surface area contributed by atoms with Gasteiger partial charge in [-0.2, -0.15) is 0 Å². The molecule has 0 unspecified atom stereocenters. The molecule has 1 N–H and O–H groups in total. The third-order valence-corrected chi connectivity index (χ3v) is 6.20. The number of halogens is 1. The smallest absolute Gasteiger partial charge is 0.255 e. The van der Waals surface area contributed by atoms with Crippen LogP contribution in [0.1, 0.15) is 23.1 Å². The Morgan fingerprint density at radius 3 is 2.60 bits per heavy atom. The van der Waals surface area contributed by atoms with Gasteiger partial charge in [0.15, 0.2) is 5.13 Å². The third-order valence-electron chi connectivity index (χ3n) is 2.83. The predicted molar refractivity (Wildman–Crippen MR) is 85.9 cm³/mol. The quantitative estimate of drug-likeness (QED) is 0.882. The number of sulfonamides is 1. The van der Waals surface area contributed by atoms with E-state index in [2.05, 4.69) is 25.6 Å². The van der Waals surface area contributed by atoms with Gasteiger partial charge in [0.2, 0.25) is 0 Å². The topological polar surface area (TPSA) is 59.1 Å². The van der Waals surface area contributed by atoms with Crippen LogP contribution < -0.4 is 4.72 Å². The van der Waals surface area contributed by atoms with E-state index in [1.165, 1.54) is 11.3 Å². The van der Waals surface area contributed by atoms with Crippen molar-refractivity contribution in [1.82, 2.24) is 4.98 Å². The minimum absolute atomic E-state index is 0.217. The summed E-state index contributed by atoms with van der Waals surface area (Å²) in [6, 6.07) is 5.13. The van der Waals surface area contributed by atoms with Gasteiger partial charge in [-0.05, 0) is 53.9 Å². The first-order valence-corrected chi connectivity index (χ1v) is 9.18. The van der Waals surface area contributed by atoms with Gasteiger partial charge in [0.05, 0.1) is 5.69 Å². The molecular weight excluding hydrogens is 360 g/mol. The Morgan fingerprint density at radius 2 is 2.05 bits per heavy atom. The molecule has 0 radical (unpaired) electrons. The average molecular weight is 375 g/mol. The van der Waals surface area contributed by atoms with Crippen molar-refractivity contribution in [2.24, 2.45) is 0 Å². The second-order valence-corrected chi connectivity index (χ2v) is 8.12. The maximum Gasteiger partial charge on any atom is 0.264 e. The molecule has 0 atom stereocenters. The van der Waals surface area contributed by atoms with Gasteiger partial charge in [-0.1, -0.05) is 13.0 Å². The van der Waals surface area contributed by atoms with Crippen LogP contribution in [0, 0.1) is 13.8 Å². The molecule has 0 saturated heterocycles. The number of hydrogen-bond donors (Lipinski definition) is 1. The zero-order valence-corrected chi connectivity index (χ0v) is 14.6. The number of rotatable bonds is 4. The molecule has 0 aliphatic heterocycles. The van der Waals surface area contributed by atoms with Crippen molar-refractivity contribution in [2.75, 3.05) is 4.72 Å². The largest absolute Gasteiger partial charge is 0.264 e. The van der Waals surface area contributed by atoms with E-state index in [0.29, 0.717) is 9.60 Å². The highest BCUT2D eigenvalue weighted by molar-refractivity contribution is 9.10. The van der Waals surface area contributed by atoms with Crippen LogP contribution in [0.2, 0.25) is 0 Å². The van der Waals surface area contributed by atoms with Gasteiger partial charge in [-0.25, -0.2) is 13.4 Å². The summed E-state index contributed by atoms with van der Waals surface area (Å²) in [7, 11) is -3.62. The molecule has 2 rings (SSSR count). The van der Waals surface area contributed by atoms with Crippen LogP contribution >= 0.6 is 27.3 Å². The molecule has 0 aliphatic carbocycles. The summed E-state index contributed by atoms with van der Waals surface area (Å²) in [6.07, 6.45) is 0.790. The fraction of sp³-hybridized carbons (Fsp3) is 0.308. The Morgan fingerprint density at radius 1 is 1.35 bits per heavy atom. The molecule has 0 fully saturated rings. The van der Waals surface area contributed by atoms with Gasteiger partial charge in [-0.15, -0.1) is 11.3 Å². The number of thiazole rings is 1. The second-order valence-electron chi connectivity index (χ2n) is 4.41. The number of nitrogens with zero attached hydrogens (tertiary/aromatic N) is 1. The summed E-state index contributed by atoms with van der Waals surface area (Å²) in [5.41, 5.74) is 1.92. The van der Waals surface area contributed by atoms with Crippen LogP contribution in [0.4, 0.5) is 5.13 Å². The van der Waals surface area contributed by atoms with Crippen LogP contribution in [0.15, 0.2) is 27.6 Å². The number of benzene rings is 1. The van der Waals surface area contributed by atoms with E-state index in [-0.39, 0.29) is 4.90 Å².